The van der Waals surface area contributed by atoms with Crippen molar-refractivity contribution in [3.8, 4) is 0 Å². The molecule has 0 amide bonds. The van der Waals surface area contributed by atoms with Crippen LogP contribution in [0.15, 0.2) is 0 Å². The molecule has 1 aromatic heterocycles. The molecule has 1 saturated carbocycles. The summed E-state index contributed by atoms with van der Waals surface area (Å²) in [6.45, 7) is 9.80. The third-order valence-corrected chi connectivity index (χ3v) is 5.35. The molecule has 0 aromatic carbocycles. The van der Waals surface area contributed by atoms with E-state index < -0.39 is 0 Å². The lowest BCUT2D eigenvalue weighted by atomic mass is 9.75. The molecule has 1 fully saturated rings. The van der Waals surface area contributed by atoms with Crippen LogP contribution in [0.25, 0.3) is 0 Å². The van der Waals surface area contributed by atoms with Crippen LogP contribution in [0.2, 0.25) is 0 Å². The van der Waals surface area contributed by atoms with E-state index in [1.165, 1.54) is 37.2 Å². The minimum absolute atomic E-state index is 0.0228. The van der Waals surface area contributed by atoms with Gasteiger partial charge in [0.2, 0.25) is 5.13 Å². The summed E-state index contributed by atoms with van der Waals surface area (Å²) in [4.78, 5) is 7.06. The quantitative estimate of drug-likeness (QED) is 0.919. The third kappa shape index (κ3) is 3.95. The van der Waals surface area contributed by atoms with E-state index in [2.05, 4.69) is 61.4 Å². The van der Waals surface area contributed by atoms with Gasteiger partial charge >= 0.3 is 0 Å². The summed E-state index contributed by atoms with van der Waals surface area (Å²) in [5.74, 6) is 1.74. The van der Waals surface area contributed by atoms with E-state index in [1.807, 2.05) is 0 Å². The van der Waals surface area contributed by atoms with E-state index in [0.717, 1.165) is 23.4 Å². The summed E-state index contributed by atoms with van der Waals surface area (Å²) < 4.78 is 4.49. The molecule has 21 heavy (non-hydrogen) atoms. The van der Waals surface area contributed by atoms with E-state index >= 15 is 0 Å². The number of hydrogen-bond acceptors (Lipinski definition) is 5. The van der Waals surface area contributed by atoms with Gasteiger partial charge in [-0.15, -0.1) is 0 Å². The molecule has 1 aliphatic rings. The highest BCUT2D eigenvalue weighted by atomic mass is 32.1. The van der Waals surface area contributed by atoms with Crippen LogP contribution in [0.3, 0.4) is 0 Å². The number of likely N-dealkylation sites (N-methyl/N-ethyl adjacent to an activating group) is 1. The van der Waals surface area contributed by atoms with Gasteiger partial charge in [-0.1, -0.05) is 40.5 Å². The molecule has 2 unspecified atom stereocenters. The van der Waals surface area contributed by atoms with Gasteiger partial charge in [0.15, 0.2) is 0 Å². The van der Waals surface area contributed by atoms with Crippen molar-refractivity contribution in [2.24, 2.45) is 5.92 Å². The van der Waals surface area contributed by atoms with Crippen LogP contribution in [0.4, 0.5) is 5.13 Å². The van der Waals surface area contributed by atoms with Gasteiger partial charge in [-0.3, -0.25) is 0 Å². The summed E-state index contributed by atoms with van der Waals surface area (Å²) in [7, 11) is 4.42. The predicted octanol–water partition coefficient (Wildman–Crippen LogP) is 3.76. The van der Waals surface area contributed by atoms with E-state index in [9.17, 15) is 0 Å². The molecular formula is C16H30N4S. The van der Waals surface area contributed by atoms with Gasteiger partial charge in [0, 0.05) is 29.0 Å². The molecule has 2 atom stereocenters. The first-order valence-corrected chi connectivity index (χ1v) is 8.76. The third-order valence-electron chi connectivity index (χ3n) is 4.68. The largest absolute Gasteiger partial charge is 0.358 e. The molecule has 0 aliphatic heterocycles. The Hall–Kier alpha value is -0.680. The Bertz CT molecular complexity index is 463. The minimum atomic E-state index is 0.0228. The van der Waals surface area contributed by atoms with Gasteiger partial charge in [-0.25, -0.2) is 4.98 Å². The van der Waals surface area contributed by atoms with Crippen LogP contribution in [-0.4, -0.2) is 40.4 Å². The maximum Gasteiger partial charge on any atom is 0.202 e. The molecule has 1 N–H and O–H groups in total. The van der Waals surface area contributed by atoms with Crippen LogP contribution in [0.5, 0.6) is 0 Å². The molecule has 0 bridgehead atoms. The predicted molar refractivity (Wildman–Crippen MR) is 91.1 cm³/mol. The lowest BCUT2D eigenvalue weighted by molar-refractivity contribution is 0.0882. The summed E-state index contributed by atoms with van der Waals surface area (Å²) in [5.41, 5.74) is 0.278. The van der Waals surface area contributed by atoms with Gasteiger partial charge in [0.1, 0.15) is 5.82 Å². The highest BCUT2D eigenvalue weighted by Gasteiger charge is 2.37. The van der Waals surface area contributed by atoms with Gasteiger partial charge in [-0.2, -0.15) is 4.37 Å². The van der Waals surface area contributed by atoms with Crippen LogP contribution < -0.4 is 5.32 Å². The van der Waals surface area contributed by atoms with Crippen molar-refractivity contribution < 1.29 is 0 Å². The topological polar surface area (TPSA) is 41.1 Å². The average molecular weight is 311 g/mol. The van der Waals surface area contributed by atoms with Crippen LogP contribution in [-0.2, 0) is 5.41 Å². The van der Waals surface area contributed by atoms with Crippen LogP contribution in [0, 0.1) is 5.92 Å². The number of nitrogens with zero attached hydrogens (tertiary/aromatic N) is 3. The Morgan fingerprint density at radius 1 is 1.38 bits per heavy atom. The molecule has 2 rings (SSSR count). The van der Waals surface area contributed by atoms with Crippen molar-refractivity contribution >= 4 is 16.7 Å². The minimum Gasteiger partial charge on any atom is -0.358 e. The van der Waals surface area contributed by atoms with Crippen molar-refractivity contribution in [3.05, 3.63) is 5.82 Å². The normalized spacial score (nSPS) is 27.1. The fourth-order valence-corrected chi connectivity index (χ4v) is 3.95. The number of anilines is 1. The molecule has 1 aromatic rings. The second kappa shape index (κ2) is 6.21. The zero-order chi connectivity index (χ0) is 15.7. The summed E-state index contributed by atoms with van der Waals surface area (Å²) >= 11 is 1.49. The van der Waals surface area contributed by atoms with Crippen molar-refractivity contribution in [1.29, 1.82) is 0 Å². The lowest BCUT2D eigenvalue weighted by Crippen LogP contribution is -2.52. The summed E-state index contributed by atoms with van der Waals surface area (Å²) in [6.07, 6.45) is 5.22. The SMILES string of the molecule is CC1CCCC(CNc2nc(C(C)(C)C)ns2)(N(C)C)C1. The lowest BCUT2D eigenvalue weighted by Gasteiger charge is -2.45. The van der Waals surface area contributed by atoms with Crippen molar-refractivity contribution in [2.75, 3.05) is 26.0 Å². The van der Waals surface area contributed by atoms with Gasteiger partial charge < -0.3 is 10.2 Å². The highest BCUT2D eigenvalue weighted by Crippen LogP contribution is 2.36. The zero-order valence-corrected chi connectivity index (χ0v) is 15.2. The second-order valence-electron chi connectivity index (χ2n) is 7.85. The Morgan fingerprint density at radius 2 is 2.10 bits per heavy atom. The van der Waals surface area contributed by atoms with Crippen molar-refractivity contribution in [1.82, 2.24) is 14.3 Å². The fraction of sp³-hybridized carbons (Fsp3) is 0.875. The van der Waals surface area contributed by atoms with E-state index in [4.69, 9.17) is 0 Å². The maximum atomic E-state index is 4.65. The number of nitrogens with one attached hydrogen (secondary N) is 1. The molecule has 1 heterocycles. The first-order valence-electron chi connectivity index (χ1n) is 7.98. The van der Waals surface area contributed by atoms with E-state index in [1.54, 1.807) is 0 Å². The Labute approximate surface area is 133 Å². The van der Waals surface area contributed by atoms with E-state index in [-0.39, 0.29) is 11.0 Å². The first kappa shape index (κ1) is 16.7. The fourth-order valence-electron chi connectivity index (χ4n) is 3.20. The molecule has 0 saturated heterocycles. The standard InChI is InChI=1S/C16H30N4S/c1-12-8-7-9-16(10-12,20(5)6)11-17-14-18-13(19-21-14)15(2,3)4/h12H,7-11H2,1-6H3,(H,17,18,19). The maximum absolute atomic E-state index is 4.65. The van der Waals surface area contributed by atoms with Crippen molar-refractivity contribution in [2.45, 2.75) is 64.3 Å². The van der Waals surface area contributed by atoms with Gasteiger partial charge in [-0.05, 0) is 32.9 Å². The van der Waals surface area contributed by atoms with Crippen LogP contribution >= 0.6 is 11.5 Å². The Morgan fingerprint density at radius 3 is 2.62 bits per heavy atom. The number of rotatable bonds is 4. The smallest absolute Gasteiger partial charge is 0.202 e. The number of hydrogen-bond donors (Lipinski definition) is 1. The zero-order valence-electron chi connectivity index (χ0n) is 14.4. The molecule has 0 spiro atoms. The Balaban J connectivity index is 2.04. The molecular weight excluding hydrogens is 280 g/mol. The van der Waals surface area contributed by atoms with Gasteiger partial charge in [0.05, 0.1) is 0 Å². The average Bonchev–Trinajstić information content (AvgIpc) is 2.85. The molecule has 5 heteroatoms. The second-order valence-corrected chi connectivity index (χ2v) is 8.60. The molecule has 0 radical (unpaired) electrons. The summed E-state index contributed by atoms with van der Waals surface area (Å²) in [5, 5.41) is 4.51. The highest BCUT2D eigenvalue weighted by molar-refractivity contribution is 7.09. The molecule has 4 nitrogen and oxygen atoms in total. The van der Waals surface area contributed by atoms with Crippen molar-refractivity contribution in [3.63, 3.8) is 0 Å². The van der Waals surface area contributed by atoms with Gasteiger partial charge in [0.25, 0.3) is 0 Å². The van der Waals surface area contributed by atoms with E-state index in [0.29, 0.717) is 0 Å². The monoisotopic (exact) mass is 310 g/mol. The molecule has 1 aliphatic carbocycles. The first-order chi connectivity index (χ1) is 9.73. The molecule has 120 valence electrons. The summed E-state index contributed by atoms with van der Waals surface area (Å²) in [6, 6.07) is 0. The number of aromatic nitrogens is 2. The Kier molecular flexibility index (Phi) is 4.93. The van der Waals surface area contributed by atoms with Crippen LogP contribution in [0.1, 0.15) is 59.2 Å².